The Morgan fingerprint density at radius 2 is 2.00 bits per heavy atom. The molecule has 0 saturated carbocycles. The van der Waals surface area contributed by atoms with Gasteiger partial charge in [0, 0.05) is 16.8 Å². The summed E-state index contributed by atoms with van der Waals surface area (Å²) in [6.45, 7) is 8.23. The van der Waals surface area contributed by atoms with E-state index in [4.69, 9.17) is 9.15 Å². The number of aromatic nitrogens is 2. The van der Waals surface area contributed by atoms with Crippen molar-refractivity contribution in [1.82, 2.24) is 15.3 Å². The van der Waals surface area contributed by atoms with Crippen LogP contribution in [0.15, 0.2) is 39.9 Å². The van der Waals surface area contributed by atoms with Crippen LogP contribution in [0, 0.1) is 13.8 Å². The summed E-state index contributed by atoms with van der Waals surface area (Å²) in [5.41, 5.74) is 2.49. The third kappa shape index (κ3) is 4.80. The summed E-state index contributed by atoms with van der Waals surface area (Å²) in [6.07, 6.45) is 0. The molecule has 0 radical (unpaired) electrons. The molecule has 7 heteroatoms. The van der Waals surface area contributed by atoms with Crippen LogP contribution in [0.4, 0.5) is 0 Å². The molecule has 0 saturated heterocycles. The van der Waals surface area contributed by atoms with Crippen LogP contribution >= 0.6 is 11.8 Å². The molecule has 0 aliphatic heterocycles. The molecule has 0 aliphatic rings. The molecule has 6 nitrogen and oxygen atoms in total. The number of hydrogen-bond donors (Lipinski definition) is 1. The number of fused-ring (bicyclic) bond motifs is 1. The Hall–Kier alpha value is -2.54. The average Bonchev–Trinajstić information content (AvgIpc) is 3.05. The largest absolute Gasteiger partial charge is 0.490 e. The minimum Gasteiger partial charge on any atom is -0.490 e. The van der Waals surface area contributed by atoms with Crippen LogP contribution in [0.2, 0.25) is 0 Å². The summed E-state index contributed by atoms with van der Waals surface area (Å²) in [5, 5.41) is 4.52. The number of hydrogen-bond acceptors (Lipinski definition) is 6. The van der Waals surface area contributed by atoms with Gasteiger partial charge in [0.2, 0.25) is 5.91 Å². The molecule has 142 valence electrons. The van der Waals surface area contributed by atoms with Crippen molar-refractivity contribution in [3.05, 3.63) is 47.5 Å². The van der Waals surface area contributed by atoms with Gasteiger partial charge in [0.15, 0.2) is 16.5 Å². The van der Waals surface area contributed by atoms with E-state index in [1.165, 1.54) is 11.8 Å². The molecule has 0 fully saturated rings. The van der Waals surface area contributed by atoms with E-state index in [0.717, 1.165) is 16.8 Å². The van der Waals surface area contributed by atoms with Crippen LogP contribution in [0.5, 0.6) is 5.75 Å². The molecule has 0 aliphatic carbocycles. The Bertz CT molecular complexity index is 935. The molecule has 0 bridgehead atoms. The highest BCUT2D eigenvalue weighted by atomic mass is 32.2. The lowest BCUT2D eigenvalue weighted by atomic mass is 10.2. The van der Waals surface area contributed by atoms with Gasteiger partial charge in [-0.15, -0.1) is 0 Å². The first-order chi connectivity index (χ1) is 13.0. The number of nitrogens with zero attached hydrogens (tertiary/aromatic N) is 2. The number of carbonyl (C=O) groups is 1. The molecule has 2 heterocycles. The van der Waals surface area contributed by atoms with E-state index >= 15 is 0 Å². The molecule has 27 heavy (non-hydrogen) atoms. The number of furan rings is 1. The van der Waals surface area contributed by atoms with Gasteiger partial charge < -0.3 is 14.5 Å². The highest BCUT2D eigenvalue weighted by Crippen LogP contribution is 2.31. The topological polar surface area (TPSA) is 77.2 Å². The summed E-state index contributed by atoms with van der Waals surface area (Å²) in [6, 6.07) is 9.36. The zero-order valence-corrected chi connectivity index (χ0v) is 16.7. The fraction of sp³-hybridized carbons (Fsp3) is 0.350. The first-order valence-electron chi connectivity index (χ1n) is 8.86. The number of thioether (sulfide) groups is 1. The van der Waals surface area contributed by atoms with Gasteiger partial charge in [-0.3, -0.25) is 4.79 Å². The Kier molecular flexibility index (Phi) is 6.01. The van der Waals surface area contributed by atoms with Crippen molar-refractivity contribution in [1.29, 1.82) is 0 Å². The zero-order valence-electron chi connectivity index (χ0n) is 15.9. The van der Waals surface area contributed by atoms with E-state index < -0.39 is 0 Å². The van der Waals surface area contributed by atoms with Crippen molar-refractivity contribution in [2.45, 2.75) is 38.9 Å². The van der Waals surface area contributed by atoms with Gasteiger partial charge in [-0.05, 0) is 45.9 Å². The van der Waals surface area contributed by atoms with Gasteiger partial charge in [-0.1, -0.05) is 23.9 Å². The zero-order chi connectivity index (χ0) is 19.4. The van der Waals surface area contributed by atoms with E-state index in [9.17, 15) is 4.79 Å². The fourth-order valence-electron chi connectivity index (χ4n) is 2.78. The number of nitrogens with one attached hydrogen (secondary N) is 1. The standard InChI is InChI=1S/C20H23N3O3S/c1-5-25-16-8-6-7-15-10-17(26-19(15)16)14(4)23-18(24)11-27-20-21-12(2)9-13(3)22-20/h6-10,14H,5,11H2,1-4H3,(H,23,24). The molecule has 1 aromatic carbocycles. The molecule has 3 aromatic rings. The van der Waals surface area contributed by atoms with Crippen LogP contribution in [0.3, 0.4) is 0 Å². The van der Waals surface area contributed by atoms with E-state index in [1.54, 1.807) is 0 Å². The maximum Gasteiger partial charge on any atom is 0.231 e. The third-order valence-corrected chi connectivity index (χ3v) is 4.77. The molecular weight excluding hydrogens is 362 g/mol. The number of carbonyl (C=O) groups excluding carboxylic acids is 1. The molecule has 1 unspecified atom stereocenters. The van der Waals surface area contributed by atoms with Gasteiger partial charge in [-0.2, -0.15) is 0 Å². The quantitative estimate of drug-likeness (QED) is 0.485. The van der Waals surface area contributed by atoms with Gasteiger partial charge in [0.05, 0.1) is 18.4 Å². The minimum absolute atomic E-state index is 0.0965. The Morgan fingerprint density at radius 3 is 2.70 bits per heavy atom. The van der Waals surface area contributed by atoms with Gasteiger partial charge in [-0.25, -0.2) is 9.97 Å². The lowest BCUT2D eigenvalue weighted by Gasteiger charge is -2.11. The summed E-state index contributed by atoms with van der Waals surface area (Å²) in [5.74, 6) is 1.55. The highest BCUT2D eigenvalue weighted by Gasteiger charge is 2.16. The lowest BCUT2D eigenvalue weighted by Crippen LogP contribution is -2.28. The maximum atomic E-state index is 12.3. The van der Waals surface area contributed by atoms with Crippen molar-refractivity contribution in [2.75, 3.05) is 12.4 Å². The normalized spacial score (nSPS) is 12.1. The molecule has 1 amide bonds. The van der Waals surface area contributed by atoms with Crippen molar-refractivity contribution < 1.29 is 13.9 Å². The number of benzene rings is 1. The Morgan fingerprint density at radius 1 is 1.26 bits per heavy atom. The second-order valence-electron chi connectivity index (χ2n) is 6.27. The van der Waals surface area contributed by atoms with Crippen LogP contribution in [-0.4, -0.2) is 28.2 Å². The van der Waals surface area contributed by atoms with Crippen LogP contribution in [-0.2, 0) is 4.79 Å². The first-order valence-corrected chi connectivity index (χ1v) is 9.84. The van der Waals surface area contributed by atoms with E-state index in [0.29, 0.717) is 28.9 Å². The predicted octanol–water partition coefficient (Wildman–Crippen LogP) is 4.21. The number of ether oxygens (including phenoxy) is 1. The predicted molar refractivity (Wildman–Crippen MR) is 106 cm³/mol. The molecular formula is C20H23N3O3S. The number of aryl methyl sites for hydroxylation is 2. The van der Waals surface area contributed by atoms with Crippen LogP contribution < -0.4 is 10.1 Å². The number of rotatable bonds is 7. The van der Waals surface area contributed by atoms with E-state index in [1.807, 2.05) is 58.0 Å². The van der Waals surface area contributed by atoms with Gasteiger partial charge in [0.1, 0.15) is 5.76 Å². The second kappa shape index (κ2) is 8.43. The Labute approximate surface area is 162 Å². The summed E-state index contributed by atoms with van der Waals surface area (Å²) < 4.78 is 11.5. The summed E-state index contributed by atoms with van der Waals surface area (Å²) in [7, 11) is 0. The molecule has 3 rings (SSSR count). The van der Waals surface area contributed by atoms with E-state index in [2.05, 4.69) is 15.3 Å². The number of para-hydroxylation sites is 1. The van der Waals surface area contributed by atoms with Crippen LogP contribution in [0.1, 0.15) is 37.0 Å². The highest BCUT2D eigenvalue weighted by molar-refractivity contribution is 7.99. The maximum absolute atomic E-state index is 12.3. The minimum atomic E-state index is -0.250. The molecule has 0 spiro atoms. The second-order valence-corrected chi connectivity index (χ2v) is 7.21. The van der Waals surface area contributed by atoms with Crippen LogP contribution in [0.25, 0.3) is 11.0 Å². The molecule has 2 aromatic heterocycles. The smallest absolute Gasteiger partial charge is 0.231 e. The van der Waals surface area contributed by atoms with Crippen molar-refractivity contribution in [2.24, 2.45) is 0 Å². The van der Waals surface area contributed by atoms with Gasteiger partial charge in [0.25, 0.3) is 0 Å². The summed E-state index contributed by atoms with van der Waals surface area (Å²) >= 11 is 1.32. The Balaban J connectivity index is 1.64. The monoisotopic (exact) mass is 385 g/mol. The number of amides is 1. The lowest BCUT2D eigenvalue weighted by molar-refractivity contribution is -0.119. The van der Waals surface area contributed by atoms with Crippen molar-refractivity contribution >= 4 is 28.6 Å². The first kappa shape index (κ1) is 19.2. The average molecular weight is 385 g/mol. The summed E-state index contributed by atoms with van der Waals surface area (Å²) in [4.78, 5) is 21.0. The van der Waals surface area contributed by atoms with Crippen molar-refractivity contribution in [3.8, 4) is 5.75 Å². The SMILES string of the molecule is CCOc1cccc2cc(C(C)NC(=O)CSc3nc(C)cc(C)n3)oc12. The molecule has 1 atom stereocenters. The van der Waals surface area contributed by atoms with Gasteiger partial charge >= 0.3 is 0 Å². The van der Waals surface area contributed by atoms with Crippen molar-refractivity contribution in [3.63, 3.8) is 0 Å². The molecule has 1 N–H and O–H groups in total. The third-order valence-electron chi connectivity index (χ3n) is 3.93. The fourth-order valence-corrected chi connectivity index (χ4v) is 3.54. The van der Waals surface area contributed by atoms with E-state index in [-0.39, 0.29) is 17.7 Å².